The number of benzene rings is 1. The molecule has 1 rings (SSSR count). The summed E-state index contributed by atoms with van der Waals surface area (Å²) in [6.45, 7) is 5.61. The summed E-state index contributed by atoms with van der Waals surface area (Å²) in [5.41, 5.74) is 0.0886. The molecule has 0 saturated heterocycles. The number of sulfone groups is 1. The average molecular weight is 240 g/mol. The Kier molecular flexibility index (Phi) is 3.53. The first-order valence-corrected chi connectivity index (χ1v) is 6.68. The molecule has 0 radical (unpaired) electrons. The van der Waals surface area contributed by atoms with E-state index in [1.165, 1.54) is 12.1 Å². The number of rotatable bonds is 3. The van der Waals surface area contributed by atoms with Gasteiger partial charge >= 0.3 is 0 Å². The normalized spacial score (nSPS) is 12.4. The maximum Gasteiger partial charge on any atom is 0.178 e. The molecular weight excluding hydrogens is 224 g/mol. The monoisotopic (exact) mass is 240 g/mol. The second kappa shape index (κ2) is 4.37. The number of hydrogen-bond donors (Lipinski definition) is 0. The topological polar surface area (TPSA) is 51.2 Å². The van der Waals surface area contributed by atoms with Gasteiger partial charge in [0.05, 0.1) is 10.6 Å². The van der Waals surface area contributed by atoms with Crippen LogP contribution in [-0.2, 0) is 9.84 Å². The summed E-state index contributed by atoms with van der Waals surface area (Å²) in [6, 6.07) is 6.10. The lowest BCUT2D eigenvalue weighted by atomic mass is 10.0. The average Bonchev–Trinajstić information content (AvgIpc) is 2.14. The smallest absolute Gasteiger partial charge is 0.178 e. The quantitative estimate of drug-likeness (QED) is 0.762. The van der Waals surface area contributed by atoms with Crippen molar-refractivity contribution in [1.82, 2.24) is 0 Å². The van der Waals surface area contributed by atoms with Crippen LogP contribution in [0.4, 0.5) is 0 Å². The molecule has 0 N–H and O–H groups in total. The van der Waals surface area contributed by atoms with Crippen LogP contribution in [0.15, 0.2) is 29.2 Å². The number of aldehydes is 1. The SMILES string of the molecule is CC(C)(C)CS(=O)(=O)c1cccc(C=O)c1. The van der Waals surface area contributed by atoms with Gasteiger partial charge in [0.15, 0.2) is 9.84 Å². The van der Waals surface area contributed by atoms with Crippen LogP contribution in [0.3, 0.4) is 0 Å². The van der Waals surface area contributed by atoms with Crippen LogP contribution in [0.25, 0.3) is 0 Å². The Morgan fingerprint density at radius 3 is 2.38 bits per heavy atom. The van der Waals surface area contributed by atoms with E-state index in [9.17, 15) is 13.2 Å². The lowest BCUT2D eigenvalue weighted by Gasteiger charge is -2.18. The first kappa shape index (κ1) is 12.9. The second-order valence-corrected chi connectivity index (χ2v) is 7.00. The zero-order valence-electron chi connectivity index (χ0n) is 9.73. The molecule has 88 valence electrons. The van der Waals surface area contributed by atoms with Gasteiger partial charge in [-0.15, -0.1) is 0 Å². The minimum absolute atomic E-state index is 0.0717. The lowest BCUT2D eigenvalue weighted by Crippen LogP contribution is -2.20. The second-order valence-electron chi connectivity index (χ2n) is 5.01. The highest BCUT2D eigenvalue weighted by Crippen LogP contribution is 2.22. The van der Waals surface area contributed by atoms with Crippen molar-refractivity contribution in [2.24, 2.45) is 5.41 Å². The molecule has 0 heterocycles. The number of carbonyl (C=O) groups excluding carboxylic acids is 1. The van der Waals surface area contributed by atoms with Gasteiger partial charge in [-0.1, -0.05) is 32.9 Å². The molecule has 0 saturated carbocycles. The Morgan fingerprint density at radius 2 is 1.88 bits per heavy atom. The van der Waals surface area contributed by atoms with Gasteiger partial charge in [-0.25, -0.2) is 8.42 Å². The molecule has 1 aromatic rings. The highest BCUT2D eigenvalue weighted by molar-refractivity contribution is 7.91. The Morgan fingerprint density at radius 1 is 1.25 bits per heavy atom. The van der Waals surface area contributed by atoms with Crippen LogP contribution in [0, 0.1) is 5.41 Å². The van der Waals surface area contributed by atoms with Crippen LogP contribution >= 0.6 is 0 Å². The third kappa shape index (κ3) is 3.45. The fourth-order valence-corrected chi connectivity index (χ4v) is 3.34. The van der Waals surface area contributed by atoms with E-state index in [4.69, 9.17) is 0 Å². The predicted molar refractivity (Wildman–Crippen MR) is 63.3 cm³/mol. The van der Waals surface area contributed by atoms with Gasteiger partial charge in [-0.05, 0) is 17.5 Å². The van der Waals surface area contributed by atoms with Gasteiger partial charge < -0.3 is 0 Å². The molecule has 0 aliphatic rings. The van der Waals surface area contributed by atoms with Crippen LogP contribution in [0.5, 0.6) is 0 Å². The van der Waals surface area contributed by atoms with Gasteiger partial charge in [0.25, 0.3) is 0 Å². The van der Waals surface area contributed by atoms with Gasteiger partial charge in [0, 0.05) is 5.56 Å². The standard InChI is InChI=1S/C12H16O3S/c1-12(2,3)9-16(14,15)11-6-4-5-10(7-11)8-13/h4-8H,9H2,1-3H3. The Balaban J connectivity index is 3.12. The first-order valence-electron chi connectivity index (χ1n) is 5.03. The number of hydrogen-bond acceptors (Lipinski definition) is 3. The molecule has 0 spiro atoms. The molecule has 0 aromatic heterocycles. The third-order valence-electron chi connectivity index (χ3n) is 1.98. The molecule has 16 heavy (non-hydrogen) atoms. The molecule has 0 bridgehead atoms. The van der Waals surface area contributed by atoms with Crippen molar-refractivity contribution < 1.29 is 13.2 Å². The van der Waals surface area contributed by atoms with E-state index in [0.717, 1.165) is 0 Å². The van der Waals surface area contributed by atoms with Crippen LogP contribution in [0.2, 0.25) is 0 Å². The minimum Gasteiger partial charge on any atom is -0.298 e. The molecular formula is C12H16O3S. The molecule has 0 aliphatic carbocycles. The maximum absolute atomic E-state index is 12.0. The molecule has 0 unspecified atom stereocenters. The number of carbonyl (C=O) groups is 1. The Hall–Kier alpha value is -1.16. The Labute approximate surface area is 96.4 Å². The Bertz CT molecular complexity index is 481. The van der Waals surface area contributed by atoms with Crippen molar-refractivity contribution in [3.63, 3.8) is 0 Å². The zero-order chi connectivity index (χ0) is 12.4. The van der Waals surface area contributed by atoms with Gasteiger partial charge in [-0.3, -0.25) is 4.79 Å². The van der Waals surface area contributed by atoms with E-state index < -0.39 is 9.84 Å². The van der Waals surface area contributed by atoms with E-state index in [1.54, 1.807) is 12.1 Å². The van der Waals surface area contributed by atoms with Gasteiger partial charge in [0.1, 0.15) is 6.29 Å². The summed E-state index contributed by atoms with van der Waals surface area (Å²) in [5.74, 6) is 0.0717. The van der Waals surface area contributed by atoms with E-state index in [-0.39, 0.29) is 16.1 Å². The van der Waals surface area contributed by atoms with Crippen molar-refractivity contribution >= 4 is 16.1 Å². The summed E-state index contributed by atoms with van der Waals surface area (Å²) >= 11 is 0. The first-order chi connectivity index (χ1) is 7.24. The predicted octanol–water partition coefficient (Wildman–Crippen LogP) is 2.32. The van der Waals surface area contributed by atoms with Crippen molar-refractivity contribution in [2.45, 2.75) is 25.7 Å². The molecule has 0 aliphatic heterocycles. The summed E-state index contributed by atoms with van der Waals surface area (Å²) < 4.78 is 24.0. The third-order valence-corrected chi connectivity index (χ3v) is 4.19. The summed E-state index contributed by atoms with van der Waals surface area (Å²) in [6.07, 6.45) is 0.649. The fourth-order valence-electron chi connectivity index (χ4n) is 1.43. The van der Waals surface area contributed by atoms with E-state index in [2.05, 4.69) is 0 Å². The van der Waals surface area contributed by atoms with E-state index >= 15 is 0 Å². The molecule has 1 aromatic carbocycles. The summed E-state index contributed by atoms with van der Waals surface area (Å²) in [5, 5.41) is 0. The molecule has 4 heteroatoms. The van der Waals surface area contributed by atoms with E-state index in [0.29, 0.717) is 11.8 Å². The molecule has 0 amide bonds. The molecule has 3 nitrogen and oxygen atoms in total. The van der Waals surface area contributed by atoms with Crippen molar-refractivity contribution in [2.75, 3.05) is 5.75 Å². The summed E-state index contributed by atoms with van der Waals surface area (Å²) in [4.78, 5) is 10.8. The van der Waals surface area contributed by atoms with Crippen LogP contribution < -0.4 is 0 Å². The highest BCUT2D eigenvalue weighted by Gasteiger charge is 2.23. The summed E-state index contributed by atoms with van der Waals surface area (Å²) in [7, 11) is -3.31. The minimum atomic E-state index is -3.31. The lowest BCUT2D eigenvalue weighted by molar-refractivity contribution is 0.112. The largest absolute Gasteiger partial charge is 0.298 e. The van der Waals surface area contributed by atoms with Crippen molar-refractivity contribution in [3.8, 4) is 0 Å². The van der Waals surface area contributed by atoms with Gasteiger partial charge in [-0.2, -0.15) is 0 Å². The zero-order valence-corrected chi connectivity index (χ0v) is 10.5. The highest BCUT2D eigenvalue weighted by atomic mass is 32.2. The molecule has 0 atom stereocenters. The van der Waals surface area contributed by atoms with Crippen LogP contribution in [0.1, 0.15) is 31.1 Å². The van der Waals surface area contributed by atoms with Gasteiger partial charge in [0.2, 0.25) is 0 Å². The van der Waals surface area contributed by atoms with E-state index in [1.807, 2.05) is 20.8 Å². The maximum atomic E-state index is 12.0. The fraction of sp³-hybridized carbons (Fsp3) is 0.417. The van der Waals surface area contributed by atoms with Crippen molar-refractivity contribution in [1.29, 1.82) is 0 Å². The van der Waals surface area contributed by atoms with Crippen molar-refractivity contribution in [3.05, 3.63) is 29.8 Å². The van der Waals surface area contributed by atoms with Crippen LogP contribution in [-0.4, -0.2) is 20.5 Å². The molecule has 0 fully saturated rings.